The van der Waals surface area contributed by atoms with Crippen LogP contribution in [-0.2, 0) is 0 Å². The molecule has 0 fully saturated rings. The molecule has 0 saturated carbocycles. The smallest absolute Gasteiger partial charge is 0.118 e. The van der Waals surface area contributed by atoms with Crippen LogP contribution in [-0.4, -0.2) is 7.11 Å². The van der Waals surface area contributed by atoms with Crippen LogP contribution in [0, 0.1) is 0 Å². The van der Waals surface area contributed by atoms with Crippen LogP contribution in [0.15, 0.2) is 60.8 Å². The summed E-state index contributed by atoms with van der Waals surface area (Å²) in [5.74, 6) is 0.875. The van der Waals surface area contributed by atoms with Crippen molar-refractivity contribution in [1.82, 2.24) is 0 Å². The van der Waals surface area contributed by atoms with Crippen LogP contribution in [0.5, 0.6) is 5.75 Å². The second-order valence-corrected chi connectivity index (χ2v) is 4.39. The highest BCUT2D eigenvalue weighted by molar-refractivity contribution is 5.91. The summed E-state index contributed by atoms with van der Waals surface area (Å²) in [7, 11) is 1.68. The van der Waals surface area contributed by atoms with Gasteiger partial charge in [-0.2, -0.15) is 0 Å². The van der Waals surface area contributed by atoms with Crippen LogP contribution in [0.1, 0.15) is 11.1 Å². The summed E-state index contributed by atoms with van der Waals surface area (Å²) in [5, 5.41) is 3.29. The number of hydrogen-bond acceptors (Lipinski definition) is 2. The normalized spacial score (nSPS) is 13.0. The van der Waals surface area contributed by atoms with Crippen molar-refractivity contribution in [3.05, 3.63) is 71.9 Å². The zero-order chi connectivity index (χ0) is 13.1. The highest BCUT2D eigenvalue weighted by atomic mass is 16.5. The molecular formula is C17H15NO. The van der Waals surface area contributed by atoms with Gasteiger partial charge in [0.15, 0.2) is 0 Å². The van der Waals surface area contributed by atoms with Gasteiger partial charge in [-0.25, -0.2) is 0 Å². The molecule has 0 unspecified atom stereocenters. The summed E-state index contributed by atoms with van der Waals surface area (Å²) in [6.45, 7) is 0. The number of fused-ring (bicyclic) bond motifs is 1. The molecule has 2 heteroatoms. The maximum Gasteiger partial charge on any atom is 0.118 e. The molecule has 2 aromatic rings. The van der Waals surface area contributed by atoms with E-state index in [-0.39, 0.29) is 0 Å². The predicted octanol–water partition coefficient (Wildman–Crippen LogP) is 4.18. The zero-order valence-electron chi connectivity index (χ0n) is 10.8. The average molecular weight is 249 g/mol. The maximum atomic E-state index is 5.19. The molecule has 0 aliphatic carbocycles. The van der Waals surface area contributed by atoms with Gasteiger partial charge in [-0.15, -0.1) is 0 Å². The summed E-state index contributed by atoms with van der Waals surface area (Å²) < 4.78 is 5.19. The third-order valence-corrected chi connectivity index (χ3v) is 3.20. The van der Waals surface area contributed by atoms with Crippen molar-refractivity contribution >= 4 is 17.3 Å². The van der Waals surface area contributed by atoms with E-state index in [1.54, 1.807) is 7.11 Å². The van der Waals surface area contributed by atoms with Gasteiger partial charge in [0.25, 0.3) is 0 Å². The molecule has 0 saturated heterocycles. The fraction of sp³-hybridized carbons (Fsp3) is 0.0588. The molecule has 0 bridgehead atoms. The van der Waals surface area contributed by atoms with Crippen LogP contribution < -0.4 is 10.1 Å². The van der Waals surface area contributed by atoms with Gasteiger partial charge in [-0.1, -0.05) is 30.3 Å². The molecule has 0 amide bonds. The highest BCUT2D eigenvalue weighted by Crippen LogP contribution is 2.27. The van der Waals surface area contributed by atoms with E-state index < -0.39 is 0 Å². The number of nitrogens with one attached hydrogen (secondary N) is 1. The highest BCUT2D eigenvalue weighted by Gasteiger charge is 2.05. The van der Waals surface area contributed by atoms with Crippen molar-refractivity contribution in [2.24, 2.45) is 0 Å². The standard InChI is InChI=1S/C17H15NO/c1-19-16-8-6-13(7-9-16)14-10-11-18-17-5-3-2-4-15(17)12-14/h2-12,18H,1H3. The summed E-state index contributed by atoms with van der Waals surface area (Å²) >= 11 is 0. The summed E-state index contributed by atoms with van der Waals surface area (Å²) in [6.07, 6.45) is 6.25. The fourth-order valence-corrected chi connectivity index (χ4v) is 2.15. The van der Waals surface area contributed by atoms with Gasteiger partial charge >= 0.3 is 0 Å². The molecule has 0 aromatic heterocycles. The predicted molar refractivity (Wildman–Crippen MR) is 80.1 cm³/mol. The Balaban J connectivity index is 2.02. The van der Waals surface area contributed by atoms with Crippen molar-refractivity contribution in [1.29, 1.82) is 0 Å². The summed E-state index contributed by atoms with van der Waals surface area (Å²) in [4.78, 5) is 0. The lowest BCUT2D eigenvalue weighted by Crippen LogP contribution is -1.87. The first-order chi connectivity index (χ1) is 9.36. The summed E-state index contributed by atoms with van der Waals surface area (Å²) in [6, 6.07) is 16.4. The molecule has 1 N–H and O–H groups in total. The monoisotopic (exact) mass is 249 g/mol. The van der Waals surface area contributed by atoms with E-state index in [1.807, 2.05) is 30.5 Å². The molecule has 0 spiro atoms. The third kappa shape index (κ3) is 2.38. The molecule has 1 heterocycles. The van der Waals surface area contributed by atoms with Crippen LogP contribution in [0.3, 0.4) is 0 Å². The van der Waals surface area contributed by atoms with E-state index >= 15 is 0 Å². The maximum absolute atomic E-state index is 5.19. The quantitative estimate of drug-likeness (QED) is 0.862. The Hall–Kier alpha value is -2.48. The van der Waals surface area contributed by atoms with Crippen molar-refractivity contribution in [2.45, 2.75) is 0 Å². The fourth-order valence-electron chi connectivity index (χ4n) is 2.15. The van der Waals surface area contributed by atoms with E-state index in [1.165, 1.54) is 16.7 Å². The van der Waals surface area contributed by atoms with Crippen molar-refractivity contribution in [2.75, 3.05) is 12.4 Å². The number of benzene rings is 2. The van der Waals surface area contributed by atoms with Gasteiger partial charge in [0.2, 0.25) is 0 Å². The lowest BCUT2D eigenvalue weighted by molar-refractivity contribution is 0.415. The van der Waals surface area contributed by atoms with Gasteiger partial charge in [0.05, 0.1) is 7.11 Å². The lowest BCUT2D eigenvalue weighted by Gasteiger charge is -2.05. The first kappa shape index (κ1) is 11.6. The molecule has 1 aliphatic rings. The first-order valence-corrected chi connectivity index (χ1v) is 6.25. The van der Waals surface area contributed by atoms with Gasteiger partial charge in [0, 0.05) is 11.9 Å². The van der Waals surface area contributed by atoms with Crippen LogP contribution >= 0.6 is 0 Å². The van der Waals surface area contributed by atoms with Gasteiger partial charge < -0.3 is 10.1 Å². The van der Waals surface area contributed by atoms with E-state index in [9.17, 15) is 0 Å². The Labute approximate surface area is 113 Å². The zero-order valence-corrected chi connectivity index (χ0v) is 10.8. The van der Waals surface area contributed by atoms with Crippen LogP contribution in [0.4, 0.5) is 5.69 Å². The molecule has 1 aliphatic heterocycles. The summed E-state index contributed by atoms with van der Waals surface area (Å²) in [5.41, 5.74) is 4.68. The molecule has 0 radical (unpaired) electrons. The molecule has 0 atom stereocenters. The second kappa shape index (κ2) is 5.02. The molecule has 3 rings (SSSR count). The molecule has 2 nitrogen and oxygen atoms in total. The van der Waals surface area contributed by atoms with E-state index in [0.717, 1.165) is 11.4 Å². The largest absolute Gasteiger partial charge is 0.497 e. The van der Waals surface area contributed by atoms with Gasteiger partial charge in [0.1, 0.15) is 5.75 Å². The average Bonchev–Trinajstić information content (AvgIpc) is 2.69. The van der Waals surface area contributed by atoms with Crippen LogP contribution in [0.25, 0.3) is 11.6 Å². The number of hydrogen-bond donors (Lipinski definition) is 1. The van der Waals surface area contributed by atoms with Crippen molar-refractivity contribution < 1.29 is 4.74 Å². The van der Waals surface area contributed by atoms with Gasteiger partial charge in [-0.05, 0) is 47.1 Å². The number of para-hydroxylation sites is 1. The molecular weight excluding hydrogens is 234 g/mol. The minimum absolute atomic E-state index is 0.875. The topological polar surface area (TPSA) is 21.3 Å². The van der Waals surface area contributed by atoms with Crippen LogP contribution in [0.2, 0.25) is 0 Å². The SMILES string of the molecule is COc1ccc(C2=Cc3ccccc3NC=C2)cc1. The first-order valence-electron chi connectivity index (χ1n) is 6.25. The number of allylic oxidation sites excluding steroid dienone is 2. The Morgan fingerprint density at radius 2 is 1.74 bits per heavy atom. The minimum atomic E-state index is 0.875. The number of rotatable bonds is 2. The Bertz CT molecular complexity index is 639. The third-order valence-electron chi connectivity index (χ3n) is 3.20. The molecule has 94 valence electrons. The number of anilines is 1. The second-order valence-electron chi connectivity index (χ2n) is 4.39. The van der Waals surface area contributed by atoms with E-state index in [0.29, 0.717) is 0 Å². The van der Waals surface area contributed by atoms with Crippen molar-refractivity contribution in [3.63, 3.8) is 0 Å². The lowest BCUT2D eigenvalue weighted by atomic mass is 10.0. The Kier molecular flexibility index (Phi) is 3.07. The van der Waals surface area contributed by atoms with Gasteiger partial charge in [-0.3, -0.25) is 0 Å². The van der Waals surface area contributed by atoms with E-state index in [2.05, 4.69) is 41.7 Å². The number of methoxy groups -OCH3 is 1. The van der Waals surface area contributed by atoms with E-state index in [4.69, 9.17) is 4.74 Å². The Morgan fingerprint density at radius 1 is 0.947 bits per heavy atom. The molecule has 19 heavy (non-hydrogen) atoms. The minimum Gasteiger partial charge on any atom is -0.497 e. The van der Waals surface area contributed by atoms with Crippen molar-refractivity contribution in [3.8, 4) is 5.75 Å². The Morgan fingerprint density at radius 3 is 2.53 bits per heavy atom. The molecule has 2 aromatic carbocycles. The number of ether oxygens (including phenoxy) is 1.